The van der Waals surface area contributed by atoms with E-state index in [-0.39, 0.29) is 11.9 Å². The van der Waals surface area contributed by atoms with E-state index in [9.17, 15) is 4.39 Å². The second-order valence-corrected chi connectivity index (χ2v) is 5.11. The summed E-state index contributed by atoms with van der Waals surface area (Å²) in [6.07, 6.45) is 1.02. The molecule has 21 heavy (non-hydrogen) atoms. The quantitative estimate of drug-likeness (QED) is 0.872. The summed E-state index contributed by atoms with van der Waals surface area (Å²) >= 11 is 0. The molecule has 0 radical (unpaired) electrons. The van der Waals surface area contributed by atoms with E-state index in [1.165, 1.54) is 17.2 Å². The molecule has 0 aliphatic rings. The van der Waals surface area contributed by atoms with Gasteiger partial charge in [-0.2, -0.15) is 0 Å². The minimum absolute atomic E-state index is 0.0581. The number of anilines is 1. The molecule has 0 saturated carbocycles. The van der Waals surface area contributed by atoms with Crippen LogP contribution < -0.4 is 10.6 Å². The highest BCUT2D eigenvalue weighted by atomic mass is 19.1. The number of nitrogens with zero attached hydrogens (tertiary/aromatic N) is 1. The van der Waals surface area contributed by atoms with Crippen molar-refractivity contribution in [2.75, 3.05) is 18.0 Å². The minimum Gasteiger partial charge on any atom is -0.363 e. The van der Waals surface area contributed by atoms with Crippen LogP contribution in [0.5, 0.6) is 0 Å². The smallest absolute Gasteiger partial charge is 0.125 e. The molecule has 2 aromatic carbocycles. The van der Waals surface area contributed by atoms with Gasteiger partial charge in [0, 0.05) is 18.8 Å². The van der Waals surface area contributed by atoms with Crippen LogP contribution >= 0.6 is 0 Å². The third kappa shape index (κ3) is 3.61. The van der Waals surface area contributed by atoms with Crippen LogP contribution in [-0.2, 0) is 6.42 Å². The molecule has 0 aromatic heterocycles. The fourth-order valence-electron chi connectivity index (χ4n) is 2.66. The molecule has 112 valence electrons. The second kappa shape index (κ2) is 7.23. The standard InChI is InChI=1S/C18H23FN2/c1-3-14-8-10-15(11-9-14)18(13-20)21(4-2)17-7-5-6-16(19)12-17/h5-12,18H,3-4,13,20H2,1-2H3. The number of likely N-dealkylation sites (N-methyl/N-ethyl adjacent to an activating group) is 1. The average molecular weight is 286 g/mol. The van der Waals surface area contributed by atoms with Crippen LogP contribution in [0.3, 0.4) is 0 Å². The Hall–Kier alpha value is -1.87. The van der Waals surface area contributed by atoms with Crippen LogP contribution in [-0.4, -0.2) is 13.1 Å². The molecule has 0 aliphatic heterocycles. The number of hydrogen-bond donors (Lipinski definition) is 1. The summed E-state index contributed by atoms with van der Waals surface area (Å²) in [6.45, 7) is 5.48. The lowest BCUT2D eigenvalue weighted by molar-refractivity contribution is 0.616. The monoisotopic (exact) mass is 286 g/mol. The van der Waals surface area contributed by atoms with E-state index in [0.717, 1.165) is 18.7 Å². The van der Waals surface area contributed by atoms with Gasteiger partial charge in [0.25, 0.3) is 0 Å². The largest absolute Gasteiger partial charge is 0.363 e. The first-order valence-corrected chi connectivity index (χ1v) is 7.50. The van der Waals surface area contributed by atoms with Crippen molar-refractivity contribution >= 4 is 5.69 Å². The highest BCUT2D eigenvalue weighted by Gasteiger charge is 2.18. The molecule has 0 saturated heterocycles. The highest BCUT2D eigenvalue weighted by molar-refractivity contribution is 5.49. The first-order chi connectivity index (χ1) is 10.2. The van der Waals surface area contributed by atoms with Crippen molar-refractivity contribution < 1.29 is 4.39 Å². The van der Waals surface area contributed by atoms with Crippen molar-refractivity contribution in [1.29, 1.82) is 0 Å². The summed E-state index contributed by atoms with van der Waals surface area (Å²) < 4.78 is 13.5. The molecule has 1 unspecified atom stereocenters. The van der Waals surface area contributed by atoms with Gasteiger partial charge in [-0.25, -0.2) is 4.39 Å². The summed E-state index contributed by atoms with van der Waals surface area (Å²) in [7, 11) is 0. The van der Waals surface area contributed by atoms with Crippen LogP contribution in [0, 0.1) is 5.82 Å². The van der Waals surface area contributed by atoms with E-state index in [0.29, 0.717) is 6.54 Å². The average Bonchev–Trinajstić information content (AvgIpc) is 2.52. The lowest BCUT2D eigenvalue weighted by atomic mass is 10.0. The van der Waals surface area contributed by atoms with Gasteiger partial charge in [0.1, 0.15) is 5.82 Å². The molecular weight excluding hydrogens is 263 g/mol. The molecule has 0 aliphatic carbocycles. The molecular formula is C18H23FN2. The molecule has 3 heteroatoms. The first kappa shape index (κ1) is 15.5. The Labute approximate surface area is 126 Å². The normalized spacial score (nSPS) is 12.2. The number of aryl methyl sites for hydroxylation is 1. The SMILES string of the molecule is CCc1ccc(C(CN)N(CC)c2cccc(F)c2)cc1. The Kier molecular flexibility index (Phi) is 5.34. The summed E-state index contributed by atoms with van der Waals surface area (Å²) in [5.41, 5.74) is 9.34. The second-order valence-electron chi connectivity index (χ2n) is 5.11. The minimum atomic E-state index is -0.219. The Bertz CT molecular complexity index is 566. The molecule has 2 N–H and O–H groups in total. The number of benzene rings is 2. The van der Waals surface area contributed by atoms with E-state index in [1.54, 1.807) is 12.1 Å². The fourth-order valence-corrected chi connectivity index (χ4v) is 2.66. The van der Waals surface area contributed by atoms with Crippen LogP contribution in [0.1, 0.15) is 31.0 Å². The summed E-state index contributed by atoms with van der Waals surface area (Å²) in [5.74, 6) is -0.219. The van der Waals surface area contributed by atoms with E-state index >= 15 is 0 Å². The molecule has 1 atom stereocenters. The van der Waals surface area contributed by atoms with E-state index in [4.69, 9.17) is 5.73 Å². The Morgan fingerprint density at radius 3 is 2.33 bits per heavy atom. The maximum absolute atomic E-state index is 13.5. The van der Waals surface area contributed by atoms with Gasteiger partial charge in [-0.3, -0.25) is 0 Å². The van der Waals surface area contributed by atoms with Gasteiger partial charge < -0.3 is 10.6 Å². The molecule has 0 amide bonds. The van der Waals surface area contributed by atoms with Gasteiger partial charge >= 0.3 is 0 Å². The van der Waals surface area contributed by atoms with Gasteiger partial charge in [-0.1, -0.05) is 37.3 Å². The lowest BCUT2D eigenvalue weighted by Gasteiger charge is -2.32. The number of rotatable bonds is 6. The van der Waals surface area contributed by atoms with Crippen LogP contribution in [0.15, 0.2) is 48.5 Å². The molecule has 0 spiro atoms. The maximum atomic E-state index is 13.5. The van der Waals surface area contributed by atoms with Crippen LogP contribution in [0.25, 0.3) is 0 Å². The third-order valence-electron chi connectivity index (χ3n) is 3.85. The predicted molar refractivity (Wildman–Crippen MR) is 87.0 cm³/mol. The molecule has 2 aromatic rings. The number of nitrogens with two attached hydrogens (primary N) is 1. The van der Waals surface area contributed by atoms with Crippen molar-refractivity contribution in [3.8, 4) is 0 Å². The van der Waals surface area contributed by atoms with Gasteiger partial charge in [-0.15, -0.1) is 0 Å². The topological polar surface area (TPSA) is 29.3 Å². The zero-order valence-corrected chi connectivity index (χ0v) is 12.7. The van der Waals surface area contributed by atoms with Gasteiger partial charge in [0.15, 0.2) is 0 Å². The Morgan fingerprint density at radius 1 is 1.10 bits per heavy atom. The van der Waals surface area contributed by atoms with E-state index < -0.39 is 0 Å². The number of halogens is 1. The fraction of sp³-hybridized carbons (Fsp3) is 0.333. The van der Waals surface area contributed by atoms with Crippen molar-refractivity contribution in [3.05, 3.63) is 65.5 Å². The third-order valence-corrected chi connectivity index (χ3v) is 3.85. The van der Waals surface area contributed by atoms with Crippen molar-refractivity contribution in [3.63, 3.8) is 0 Å². The zero-order valence-electron chi connectivity index (χ0n) is 12.7. The highest BCUT2D eigenvalue weighted by Crippen LogP contribution is 2.27. The van der Waals surface area contributed by atoms with Gasteiger partial charge in [-0.05, 0) is 42.7 Å². The Morgan fingerprint density at radius 2 is 1.81 bits per heavy atom. The zero-order chi connectivity index (χ0) is 15.2. The first-order valence-electron chi connectivity index (χ1n) is 7.50. The summed E-state index contributed by atoms with van der Waals surface area (Å²) in [6, 6.07) is 15.3. The molecule has 2 nitrogen and oxygen atoms in total. The van der Waals surface area contributed by atoms with Crippen LogP contribution in [0.2, 0.25) is 0 Å². The summed E-state index contributed by atoms with van der Waals surface area (Å²) in [4.78, 5) is 2.14. The van der Waals surface area contributed by atoms with Crippen LogP contribution in [0.4, 0.5) is 10.1 Å². The van der Waals surface area contributed by atoms with Gasteiger partial charge in [0.05, 0.1) is 6.04 Å². The lowest BCUT2D eigenvalue weighted by Crippen LogP contribution is -2.33. The van der Waals surface area contributed by atoms with Crippen molar-refractivity contribution in [1.82, 2.24) is 0 Å². The molecule has 0 fully saturated rings. The van der Waals surface area contributed by atoms with E-state index in [2.05, 4.69) is 43.0 Å². The molecule has 2 rings (SSSR count). The van der Waals surface area contributed by atoms with Crippen molar-refractivity contribution in [2.45, 2.75) is 26.3 Å². The molecule has 0 bridgehead atoms. The predicted octanol–water partition coefficient (Wildman–Crippen LogP) is 3.91. The number of hydrogen-bond acceptors (Lipinski definition) is 2. The summed E-state index contributed by atoms with van der Waals surface area (Å²) in [5, 5.41) is 0. The maximum Gasteiger partial charge on any atom is 0.125 e. The Balaban J connectivity index is 2.32. The van der Waals surface area contributed by atoms with Crippen molar-refractivity contribution in [2.24, 2.45) is 5.73 Å². The molecule has 0 heterocycles. The van der Waals surface area contributed by atoms with E-state index in [1.807, 2.05) is 6.07 Å². The van der Waals surface area contributed by atoms with Gasteiger partial charge in [0.2, 0.25) is 0 Å².